The summed E-state index contributed by atoms with van der Waals surface area (Å²) in [5.74, 6) is 0.783. The number of rotatable bonds is 1. The van der Waals surface area contributed by atoms with E-state index < -0.39 is 5.60 Å². The second-order valence-electron chi connectivity index (χ2n) is 6.61. The first-order valence-corrected chi connectivity index (χ1v) is 6.74. The van der Waals surface area contributed by atoms with Gasteiger partial charge in [0.25, 0.3) is 0 Å². The van der Waals surface area contributed by atoms with Crippen LogP contribution in [0.1, 0.15) is 46.5 Å². The summed E-state index contributed by atoms with van der Waals surface area (Å²) in [5.41, 5.74) is -0.228. The van der Waals surface area contributed by atoms with E-state index in [1.807, 2.05) is 0 Å². The molecule has 3 fully saturated rings. The number of hydrogen-bond donors (Lipinski definition) is 0. The van der Waals surface area contributed by atoms with Crippen LogP contribution in [-0.4, -0.2) is 23.6 Å². The van der Waals surface area contributed by atoms with Gasteiger partial charge >= 0.3 is 11.9 Å². The molecule has 2 saturated carbocycles. The zero-order valence-electron chi connectivity index (χ0n) is 11.2. The maximum Gasteiger partial charge on any atom is 0.306 e. The second-order valence-corrected chi connectivity index (χ2v) is 6.61. The molecule has 0 aromatic heterocycles. The lowest BCUT2D eigenvalue weighted by molar-refractivity contribution is -0.181. The zero-order valence-corrected chi connectivity index (χ0v) is 11.2. The number of hydrogen-bond acceptors (Lipinski definition) is 4. The molecular weight excluding hydrogens is 232 g/mol. The van der Waals surface area contributed by atoms with Crippen LogP contribution in [0.15, 0.2) is 0 Å². The Morgan fingerprint density at radius 2 is 2.11 bits per heavy atom. The summed E-state index contributed by atoms with van der Waals surface area (Å²) in [6.45, 7) is 5.93. The molecule has 3 aliphatic rings. The molecule has 4 nitrogen and oxygen atoms in total. The Kier molecular flexibility index (Phi) is 2.32. The van der Waals surface area contributed by atoms with Gasteiger partial charge in [-0.25, -0.2) is 0 Å². The van der Waals surface area contributed by atoms with Crippen LogP contribution in [0.25, 0.3) is 0 Å². The lowest BCUT2D eigenvalue weighted by atomic mass is 9.80. The van der Waals surface area contributed by atoms with Gasteiger partial charge in [0.2, 0.25) is 0 Å². The third-order valence-corrected chi connectivity index (χ3v) is 5.29. The molecule has 0 aromatic carbocycles. The Bertz CT molecular complexity index is 414. The number of fused-ring (bicyclic) bond motifs is 1. The Labute approximate surface area is 107 Å². The smallest absolute Gasteiger partial charge is 0.306 e. The first kappa shape index (κ1) is 12.0. The highest BCUT2D eigenvalue weighted by Crippen LogP contribution is 2.68. The van der Waals surface area contributed by atoms with Crippen LogP contribution < -0.4 is 0 Å². The molecule has 3 rings (SSSR count). The predicted molar refractivity (Wildman–Crippen MR) is 63.6 cm³/mol. The Balaban J connectivity index is 1.85. The van der Waals surface area contributed by atoms with Crippen molar-refractivity contribution in [3.63, 3.8) is 0 Å². The Morgan fingerprint density at radius 1 is 1.39 bits per heavy atom. The van der Waals surface area contributed by atoms with Gasteiger partial charge < -0.3 is 9.47 Å². The average molecular weight is 252 g/mol. The van der Waals surface area contributed by atoms with Crippen molar-refractivity contribution in [2.75, 3.05) is 0 Å². The molecule has 18 heavy (non-hydrogen) atoms. The van der Waals surface area contributed by atoms with Crippen molar-refractivity contribution >= 4 is 11.9 Å². The molecule has 100 valence electrons. The third-order valence-electron chi connectivity index (χ3n) is 5.29. The number of carbonyl (C=O) groups excluding carboxylic acids is 2. The van der Waals surface area contributed by atoms with Gasteiger partial charge in [0.1, 0.15) is 11.7 Å². The predicted octanol–water partition coefficient (Wildman–Crippen LogP) is 2.06. The van der Waals surface area contributed by atoms with E-state index in [4.69, 9.17) is 9.47 Å². The van der Waals surface area contributed by atoms with Crippen LogP contribution in [0.3, 0.4) is 0 Å². The number of esters is 2. The summed E-state index contributed by atoms with van der Waals surface area (Å²) in [4.78, 5) is 22.7. The summed E-state index contributed by atoms with van der Waals surface area (Å²) in [5, 5.41) is 0. The molecule has 4 atom stereocenters. The number of carbonyl (C=O) groups is 2. The monoisotopic (exact) mass is 252 g/mol. The van der Waals surface area contributed by atoms with E-state index in [9.17, 15) is 9.59 Å². The lowest BCUT2D eigenvalue weighted by Gasteiger charge is -2.38. The average Bonchev–Trinajstić information content (AvgIpc) is 2.62. The van der Waals surface area contributed by atoms with E-state index in [0.717, 1.165) is 12.8 Å². The molecule has 0 amide bonds. The zero-order chi connectivity index (χ0) is 13.1. The van der Waals surface area contributed by atoms with Crippen LogP contribution in [0.4, 0.5) is 0 Å². The van der Waals surface area contributed by atoms with Crippen molar-refractivity contribution in [2.24, 2.45) is 17.3 Å². The molecule has 0 unspecified atom stereocenters. The molecule has 0 aromatic rings. The van der Waals surface area contributed by atoms with E-state index >= 15 is 0 Å². The molecule has 1 heterocycles. The summed E-state index contributed by atoms with van der Waals surface area (Å²) < 4.78 is 11.0. The SMILES string of the molecule is CC(=O)O[C@@H]1C[C@@H]2[C@H](C[C@]13CCC(=O)O3)C2(C)C. The van der Waals surface area contributed by atoms with Gasteiger partial charge in [0.15, 0.2) is 0 Å². The fourth-order valence-corrected chi connectivity index (χ4v) is 4.05. The highest BCUT2D eigenvalue weighted by atomic mass is 16.6. The maximum absolute atomic E-state index is 11.5. The van der Waals surface area contributed by atoms with E-state index in [1.165, 1.54) is 6.92 Å². The van der Waals surface area contributed by atoms with Crippen molar-refractivity contribution < 1.29 is 19.1 Å². The fourth-order valence-electron chi connectivity index (χ4n) is 4.05. The highest BCUT2D eigenvalue weighted by molar-refractivity contribution is 5.73. The molecule has 1 spiro atoms. The largest absolute Gasteiger partial charge is 0.458 e. The molecule has 0 N–H and O–H groups in total. The normalized spacial score (nSPS) is 44.4. The fraction of sp³-hybridized carbons (Fsp3) is 0.857. The first-order valence-electron chi connectivity index (χ1n) is 6.74. The van der Waals surface area contributed by atoms with Crippen molar-refractivity contribution in [3.05, 3.63) is 0 Å². The van der Waals surface area contributed by atoms with E-state index in [2.05, 4.69) is 13.8 Å². The molecular formula is C14H20O4. The van der Waals surface area contributed by atoms with Gasteiger partial charge in [-0.2, -0.15) is 0 Å². The van der Waals surface area contributed by atoms with Gasteiger partial charge in [-0.1, -0.05) is 13.8 Å². The van der Waals surface area contributed by atoms with E-state index in [1.54, 1.807) is 0 Å². The van der Waals surface area contributed by atoms with Gasteiger partial charge in [0.05, 0.1) is 0 Å². The minimum Gasteiger partial charge on any atom is -0.458 e. The maximum atomic E-state index is 11.5. The molecule has 4 heteroatoms. The minimum absolute atomic E-state index is 0.149. The van der Waals surface area contributed by atoms with Crippen LogP contribution in [0, 0.1) is 17.3 Å². The molecule has 0 bridgehead atoms. The lowest BCUT2D eigenvalue weighted by Crippen LogP contribution is -2.47. The van der Waals surface area contributed by atoms with Gasteiger partial charge in [-0.15, -0.1) is 0 Å². The topological polar surface area (TPSA) is 52.6 Å². The molecule has 0 radical (unpaired) electrons. The molecule has 1 aliphatic heterocycles. The van der Waals surface area contributed by atoms with Crippen molar-refractivity contribution in [2.45, 2.75) is 58.2 Å². The van der Waals surface area contributed by atoms with E-state index in [0.29, 0.717) is 30.1 Å². The highest BCUT2D eigenvalue weighted by Gasteiger charge is 2.68. The minimum atomic E-state index is -0.530. The number of ether oxygens (including phenoxy) is 2. The van der Waals surface area contributed by atoms with Gasteiger partial charge in [-0.05, 0) is 30.1 Å². The first-order chi connectivity index (χ1) is 8.35. The van der Waals surface area contributed by atoms with Crippen LogP contribution >= 0.6 is 0 Å². The third kappa shape index (κ3) is 1.57. The van der Waals surface area contributed by atoms with Gasteiger partial charge in [0, 0.05) is 19.8 Å². The molecule has 2 aliphatic carbocycles. The summed E-state index contributed by atoms with van der Waals surface area (Å²) in [6, 6.07) is 0. The molecule has 1 saturated heterocycles. The summed E-state index contributed by atoms with van der Waals surface area (Å²) >= 11 is 0. The van der Waals surface area contributed by atoms with Crippen molar-refractivity contribution in [3.8, 4) is 0 Å². The second kappa shape index (κ2) is 3.49. The quantitative estimate of drug-likeness (QED) is 0.670. The van der Waals surface area contributed by atoms with E-state index in [-0.39, 0.29) is 18.0 Å². The van der Waals surface area contributed by atoms with Crippen molar-refractivity contribution in [1.82, 2.24) is 0 Å². The summed E-state index contributed by atoms with van der Waals surface area (Å²) in [6.07, 6.45) is 2.60. The standard InChI is InChI=1S/C14H20O4/c1-8(15)17-11-6-9-10(13(9,2)3)7-14(11)5-4-12(16)18-14/h9-11H,4-7H2,1-3H3/t9-,10+,11-,14-/m1/s1. The summed E-state index contributed by atoms with van der Waals surface area (Å²) in [7, 11) is 0. The van der Waals surface area contributed by atoms with Crippen LogP contribution in [0.2, 0.25) is 0 Å². The van der Waals surface area contributed by atoms with Crippen LogP contribution in [-0.2, 0) is 19.1 Å². The van der Waals surface area contributed by atoms with Gasteiger partial charge in [-0.3, -0.25) is 9.59 Å². The Morgan fingerprint density at radius 3 is 2.67 bits per heavy atom. The Hall–Kier alpha value is -1.06. The van der Waals surface area contributed by atoms with Crippen LogP contribution in [0.5, 0.6) is 0 Å². The van der Waals surface area contributed by atoms with Crippen molar-refractivity contribution in [1.29, 1.82) is 0 Å².